The lowest BCUT2D eigenvalue weighted by Gasteiger charge is -2.49. The van der Waals surface area contributed by atoms with Crippen molar-refractivity contribution in [1.29, 1.82) is 5.26 Å². The van der Waals surface area contributed by atoms with E-state index in [0.717, 1.165) is 37.5 Å². The summed E-state index contributed by atoms with van der Waals surface area (Å²) in [4.78, 5) is 65.1. The van der Waals surface area contributed by atoms with Crippen LogP contribution >= 0.6 is 0 Å². The standard InChI is InChI=1S/C36H41N5O7/c1-22-18-24-10-8-11-25(19-24)36(22,21-37)40-30(42)20-41-17-9-14-28(35(41)46)39-33(44)27(13-5-7-16-31(43)47-3)38-34(45)32-23(2)26-12-4-6-15-29(26)48-32/h4,6-7,9,12,14-17,22,24-25,27H,5,8,10-11,13,18-20H2,1-3H3,(H,38,45)(H,39,44)(H,40,42)/b16-7+. The maximum atomic E-state index is 13.6. The molecule has 2 aromatic heterocycles. The van der Waals surface area contributed by atoms with Crippen LogP contribution in [0.3, 0.4) is 0 Å². The van der Waals surface area contributed by atoms with Gasteiger partial charge in [0.25, 0.3) is 11.5 Å². The summed E-state index contributed by atoms with van der Waals surface area (Å²) in [6.45, 7) is 3.42. The third-order valence-corrected chi connectivity index (χ3v) is 9.76. The van der Waals surface area contributed by atoms with E-state index >= 15 is 0 Å². The van der Waals surface area contributed by atoms with Crippen LogP contribution in [0.2, 0.25) is 0 Å². The first kappa shape index (κ1) is 34.2. The summed E-state index contributed by atoms with van der Waals surface area (Å²) in [5.41, 5.74) is -0.560. The molecule has 0 radical (unpaired) electrons. The molecule has 0 aliphatic heterocycles. The Bertz CT molecular complexity index is 1830. The van der Waals surface area contributed by atoms with Crippen LogP contribution in [-0.4, -0.2) is 46.9 Å². The van der Waals surface area contributed by atoms with Crippen molar-refractivity contribution < 1.29 is 28.3 Å². The normalized spacial score (nSPS) is 22.4. The van der Waals surface area contributed by atoms with Crippen molar-refractivity contribution in [2.45, 2.75) is 76.9 Å². The zero-order valence-corrected chi connectivity index (χ0v) is 27.4. The summed E-state index contributed by atoms with van der Waals surface area (Å²) < 4.78 is 11.6. The molecule has 3 amide bonds. The van der Waals surface area contributed by atoms with E-state index < -0.39 is 40.8 Å². The Balaban J connectivity index is 1.31. The first-order chi connectivity index (χ1) is 23.1. The van der Waals surface area contributed by atoms with Crippen LogP contribution in [0.25, 0.3) is 11.0 Å². The van der Waals surface area contributed by atoms with E-state index in [1.807, 2.05) is 19.1 Å². The Morgan fingerprint density at radius 3 is 2.71 bits per heavy atom. The Morgan fingerprint density at radius 2 is 1.96 bits per heavy atom. The maximum Gasteiger partial charge on any atom is 0.330 e. The number of fused-ring (bicyclic) bond motifs is 3. The van der Waals surface area contributed by atoms with Gasteiger partial charge in [-0.2, -0.15) is 5.26 Å². The Morgan fingerprint density at radius 1 is 1.17 bits per heavy atom. The van der Waals surface area contributed by atoms with Gasteiger partial charge in [0.2, 0.25) is 11.8 Å². The lowest BCUT2D eigenvalue weighted by molar-refractivity contribution is -0.134. The van der Waals surface area contributed by atoms with Crippen molar-refractivity contribution in [2.24, 2.45) is 17.8 Å². The molecule has 3 aromatic rings. The number of benzene rings is 1. The molecule has 2 aliphatic carbocycles. The minimum atomic E-state index is -1.12. The molecular formula is C36H41N5O7. The van der Waals surface area contributed by atoms with Gasteiger partial charge in [0.05, 0.1) is 13.2 Å². The van der Waals surface area contributed by atoms with Crippen LogP contribution in [0.5, 0.6) is 0 Å². The molecule has 5 rings (SSSR count). The number of para-hydroxylation sites is 1. The molecule has 5 atom stereocenters. The highest BCUT2D eigenvalue weighted by molar-refractivity contribution is 6.03. The monoisotopic (exact) mass is 655 g/mol. The topological polar surface area (TPSA) is 173 Å². The Labute approximate surface area is 278 Å². The summed E-state index contributed by atoms with van der Waals surface area (Å²) >= 11 is 0. The van der Waals surface area contributed by atoms with Gasteiger partial charge >= 0.3 is 5.97 Å². The lowest BCUT2D eigenvalue weighted by Crippen LogP contribution is -2.61. The highest BCUT2D eigenvalue weighted by atomic mass is 16.5. The molecule has 2 saturated carbocycles. The number of hydrogen-bond acceptors (Lipinski definition) is 8. The molecule has 2 heterocycles. The largest absolute Gasteiger partial charge is 0.466 e. The first-order valence-electron chi connectivity index (χ1n) is 16.3. The number of allylic oxidation sites excluding steroid dienone is 1. The average Bonchev–Trinajstić information content (AvgIpc) is 3.42. The molecule has 5 unspecified atom stereocenters. The number of nitriles is 1. The number of hydrogen-bond donors (Lipinski definition) is 3. The number of methoxy groups -OCH3 is 1. The predicted molar refractivity (Wildman–Crippen MR) is 178 cm³/mol. The molecule has 0 spiro atoms. The van der Waals surface area contributed by atoms with Crippen LogP contribution in [0.15, 0.2) is 64.0 Å². The van der Waals surface area contributed by atoms with Gasteiger partial charge in [-0.25, -0.2) is 4.79 Å². The summed E-state index contributed by atoms with van der Waals surface area (Å²) in [5, 5.41) is 19.3. The van der Waals surface area contributed by atoms with E-state index in [1.54, 1.807) is 19.1 Å². The second-order valence-corrected chi connectivity index (χ2v) is 12.8. The van der Waals surface area contributed by atoms with Crippen LogP contribution in [0, 0.1) is 36.0 Å². The molecule has 3 N–H and O–H groups in total. The zero-order chi connectivity index (χ0) is 34.4. The van der Waals surface area contributed by atoms with Gasteiger partial charge < -0.3 is 29.7 Å². The number of rotatable bonds is 11. The van der Waals surface area contributed by atoms with Gasteiger partial charge in [0, 0.05) is 23.2 Å². The molecule has 2 fully saturated rings. The van der Waals surface area contributed by atoms with Gasteiger partial charge in [-0.3, -0.25) is 19.2 Å². The van der Waals surface area contributed by atoms with E-state index in [2.05, 4.69) is 26.8 Å². The summed E-state index contributed by atoms with van der Waals surface area (Å²) in [7, 11) is 1.25. The van der Waals surface area contributed by atoms with Crippen LogP contribution in [-0.2, 0) is 25.7 Å². The van der Waals surface area contributed by atoms with E-state index in [4.69, 9.17) is 4.42 Å². The quantitative estimate of drug-likeness (QED) is 0.202. The molecule has 48 heavy (non-hydrogen) atoms. The van der Waals surface area contributed by atoms with Crippen LogP contribution in [0.1, 0.15) is 68.0 Å². The first-order valence-corrected chi connectivity index (χ1v) is 16.3. The fourth-order valence-electron chi connectivity index (χ4n) is 7.26. The maximum absolute atomic E-state index is 13.6. The number of ether oxygens (including phenoxy) is 1. The molecule has 2 bridgehead atoms. The van der Waals surface area contributed by atoms with E-state index in [1.165, 1.54) is 42.2 Å². The smallest absolute Gasteiger partial charge is 0.330 e. The number of aromatic nitrogens is 1. The van der Waals surface area contributed by atoms with Gasteiger partial charge in [0.1, 0.15) is 29.4 Å². The Hall–Kier alpha value is -5.18. The summed E-state index contributed by atoms with van der Waals surface area (Å²) in [6, 6.07) is 11.4. The van der Waals surface area contributed by atoms with Crippen LogP contribution in [0.4, 0.5) is 5.69 Å². The fraction of sp³-hybridized carbons (Fsp3) is 0.444. The molecule has 2 aliphatic rings. The highest BCUT2D eigenvalue weighted by Crippen LogP contribution is 2.48. The minimum absolute atomic E-state index is 0.0178. The number of esters is 1. The summed E-state index contributed by atoms with van der Waals surface area (Å²) in [5.74, 6) is -1.64. The molecule has 0 saturated heterocycles. The number of pyridine rings is 1. The van der Waals surface area contributed by atoms with Gasteiger partial charge in [0.15, 0.2) is 5.76 Å². The molecule has 12 heteroatoms. The van der Waals surface area contributed by atoms with Crippen molar-refractivity contribution >= 4 is 40.3 Å². The molecule has 252 valence electrons. The number of aryl methyl sites for hydroxylation is 1. The number of nitrogens with one attached hydrogen (secondary N) is 3. The second-order valence-electron chi connectivity index (χ2n) is 12.8. The molecule has 1 aromatic carbocycles. The number of amides is 3. The number of nitrogens with zero attached hydrogens (tertiary/aromatic N) is 2. The number of furan rings is 1. The van der Waals surface area contributed by atoms with Crippen molar-refractivity contribution in [3.8, 4) is 6.07 Å². The van der Waals surface area contributed by atoms with Crippen molar-refractivity contribution in [3.63, 3.8) is 0 Å². The highest BCUT2D eigenvalue weighted by Gasteiger charge is 2.51. The van der Waals surface area contributed by atoms with E-state index in [0.29, 0.717) is 17.1 Å². The second kappa shape index (κ2) is 14.7. The van der Waals surface area contributed by atoms with Gasteiger partial charge in [-0.05, 0) is 75.0 Å². The third kappa shape index (κ3) is 7.20. The number of anilines is 1. The summed E-state index contributed by atoms with van der Waals surface area (Å²) in [6.07, 6.45) is 9.34. The van der Waals surface area contributed by atoms with E-state index in [9.17, 15) is 29.2 Å². The number of carbonyl (C=O) groups excluding carboxylic acids is 4. The minimum Gasteiger partial charge on any atom is -0.466 e. The predicted octanol–water partition coefficient (Wildman–Crippen LogP) is 4.37. The number of carbonyl (C=O) groups is 4. The van der Waals surface area contributed by atoms with Crippen molar-refractivity contribution in [3.05, 3.63) is 76.4 Å². The molecular weight excluding hydrogens is 614 g/mol. The van der Waals surface area contributed by atoms with E-state index in [-0.39, 0.29) is 42.7 Å². The molecule has 12 nitrogen and oxygen atoms in total. The Kier molecular flexibility index (Phi) is 10.5. The van der Waals surface area contributed by atoms with Gasteiger partial charge in [-0.15, -0.1) is 0 Å². The average molecular weight is 656 g/mol. The van der Waals surface area contributed by atoms with Gasteiger partial charge in [-0.1, -0.05) is 44.0 Å². The lowest BCUT2D eigenvalue weighted by atomic mass is 9.59. The zero-order valence-electron chi connectivity index (χ0n) is 27.4. The van der Waals surface area contributed by atoms with Crippen LogP contribution < -0.4 is 21.5 Å². The SMILES string of the molecule is COC(=O)/C=C/CCC(NC(=O)c1oc2ccccc2c1C)C(=O)Nc1cccn(CC(=O)NC2(C#N)C(C)CC3CCCC2C3)c1=O. The third-order valence-electron chi connectivity index (χ3n) is 9.76. The van der Waals surface area contributed by atoms with Crippen molar-refractivity contribution in [2.75, 3.05) is 12.4 Å². The van der Waals surface area contributed by atoms with Crippen molar-refractivity contribution in [1.82, 2.24) is 15.2 Å². The fourth-order valence-corrected chi connectivity index (χ4v) is 7.26.